The fraction of sp³-hybridized carbons (Fsp3) is 0.143. The topological polar surface area (TPSA) is 91.5 Å². The van der Waals surface area contributed by atoms with Crippen LogP contribution in [0.4, 0.5) is 13.2 Å². The smallest absolute Gasteiger partial charge is 0.416 e. The van der Waals surface area contributed by atoms with Crippen LogP contribution in [0.5, 0.6) is 0 Å². The number of alkyl halides is 3. The van der Waals surface area contributed by atoms with E-state index in [9.17, 15) is 22.8 Å². The predicted molar refractivity (Wildman–Crippen MR) is 101 cm³/mol. The van der Waals surface area contributed by atoms with Crippen molar-refractivity contribution in [3.05, 3.63) is 77.2 Å². The van der Waals surface area contributed by atoms with Crippen LogP contribution in [0.3, 0.4) is 0 Å². The highest BCUT2D eigenvalue weighted by Gasteiger charge is 2.30. The van der Waals surface area contributed by atoms with Crippen molar-refractivity contribution in [1.82, 2.24) is 10.1 Å². The van der Waals surface area contributed by atoms with Crippen molar-refractivity contribution in [3.8, 4) is 11.4 Å². The number of carbonyl (C=O) groups excluding carboxylic acids is 2. The molecule has 2 aromatic carbocycles. The first-order chi connectivity index (χ1) is 14.8. The number of hydrogen-bond donors (Lipinski definition) is 0. The average molecular weight is 432 g/mol. The molecule has 0 aliphatic rings. The lowest BCUT2D eigenvalue weighted by molar-refractivity contribution is -0.140. The van der Waals surface area contributed by atoms with Crippen molar-refractivity contribution in [2.75, 3.05) is 7.11 Å². The van der Waals surface area contributed by atoms with Gasteiger partial charge in [-0.1, -0.05) is 29.4 Å². The van der Waals surface area contributed by atoms with E-state index in [1.54, 1.807) is 24.3 Å². The summed E-state index contributed by atoms with van der Waals surface area (Å²) in [5.41, 5.74) is 0.569. The number of esters is 2. The van der Waals surface area contributed by atoms with Crippen LogP contribution in [0.2, 0.25) is 0 Å². The van der Waals surface area contributed by atoms with E-state index < -0.39 is 23.7 Å². The Hall–Kier alpha value is -3.95. The molecule has 1 heterocycles. The molecular weight excluding hydrogens is 417 g/mol. The number of methoxy groups -OCH3 is 1. The number of aromatic nitrogens is 2. The molecule has 0 fully saturated rings. The first kappa shape index (κ1) is 21.8. The number of halogens is 3. The van der Waals surface area contributed by atoms with Crippen LogP contribution in [-0.4, -0.2) is 29.2 Å². The fourth-order valence-electron chi connectivity index (χ4n) is 2.43. The Labute approximate surface area is 174 Å². The molecule has 7 nitrogen and oxygen atoms in total. The second kappa shape index (κ2) is 9.24. The molecule has 0 aliphatic heterocycles. The van der Waals surface area contributed by atoms with E-state index in [-0.39, 0.29) is 18.3 Å². The van der Waals surface area contributed by atoms with Crippen LogP contribution in [-0.2, 0) is 27.1 Å². The van der Waals surface area contributed by atoms with Crippen LogP contribution in [0.15, 0.2) is 59.1 Å². The van der Waals surface area contributed by atoms with Gasteiger partial charge < -0.3 is 14.0 Å². The Morgan fingerprint density at radius 2 is 1.74 bits per heavy atom. The standard InChI is InChI=1S/C21H15F3N2O5/c1-29-20(28)15-5-2-13(3-6-15)4-11-18(27)30-12-17-25-19(26-31-17)14-7-9-16(10-8-14)21(22,23)24/h2-11H,12H2,1H3/b11-4+. The van der Waals surface area contributed by atoms with Gasteiger partial charge in [0.15, 0.2) is 6.61 Å². The first-order valence-electron chi connectivity index (χ1n) is 8.79. The first-order valence-corrected chi connectivity index (χ1v) is 8.79. The van der Waals surface area contributed by atoms with Gasteiger partial charge in [0.2, 0.25) is 5.82 Å². The van der Waals surface area contributed by atoms with E-state index in [1.807, 2.05) is 0 Å². The van der Waals surface area contributed by atoms with E-state index in [2.05, 4.69) is 14.9 Å². The van der Waals surface area contributed by atoms with Gasteiger partial charge in [-0.05, 0) is 35.9 Å². The van der Waals surface area contributed by atoms with Gasteiger partial charge in [0.05, 0.1) is 18.2 Å². The van der Waals surface area contributed by atoms with Crippen LogP contribution in [0, 0.1) is 0 Å². The summed E-state index contributed by atoms with van der Waals surface area (Å²) in [6, 6.07) is 10.6. The van der Waals surface area contributed by atoms with E-state index >= 15 is 0 Å². The number of ether oxygens (including phenoxy) is 2. The summed E-state index contributed by atoms with van der Waals surface area (Å²) >= 11 is 0. The van der Waals surface area contributed by atoms with Gasteiger partial charge in [0.1, 0.15) is 0 Å². The Kier molecular flexibility index (Phi) is 6.49. The third kappa shape index (κ3) is 5.78. The second-order valence-corrected chi connectivity index (χ2v) is 6.14. The van der Waals surface area contributed by atoms with Gasteiger partial charge >= 0.3 is 18.1 Å². The van der Waals surface area contributed by atoms with Crippen LogP contribution < -0.4 is 0 Å². The van der Waals surface area contributed by atoms with Crippen molar-refractivity contribution >= 4 is 18.0 Å². The minimum atomic E-state index is -4.44. The van der Waals surface area contributed by atoms with Gasteiger partial charge in [0, 0.05) is 11.6 Å². The Balaban J connectivity index is 1.55. The Bertz CT molecular complexity index is 1090. The van der Waals surface area contributed by atoms with Crippen molar-refractivity contribution in [2.45, 2.75) is 12.8 Å². The Morgan fingerprint density at radius 3 is 2.35 bits per heavy atom. The highest BCUT2D eigenvalue weighted by atomic mass is 19.4. The maximum Gasteiger partial charge on any atom is 0.416 e. The zero-order valence-corrected chi connectivity index (χ0v) is 16.1. The van der Waals surface area contributed by atoms with Crippen LogP contribution in [0.1, 0.15) is 27.4 Å². The number of nitrogens with zero attached hydrogens (tertiary/aromatic N) is 2. The molecule has 0 amide bonds. The molecule has 3 rings (SSSR count). The van der Waals surface area contributed by atoms with Gasteiger partial charge in [-0.2, -0.15) is 18.2 Å². The largest absolute Gasteiger partial charge is 0.465 e. The van der Waals surface area contributed by atoms with Gasteiger partial charge in [-0.15, -0.1) is 0 Å². The number of carbonyl (C=O) groups is 2. The molecule has 3 aromatic rings. The van der Waals surface area contributed by atoms with Crippen molar-refractivity contribution < 1.29 is 36.8 Å². The summed E-state index contributed by atoms with van der Waals surface area (Å²) in [6.45, 7) is -0.307. The van der Waals surface area contributed by atoms with E-state index in [1.165, 1.54) is 31.4 Å². The molecule has 1 aromatic heterocycles. The lowest BCUT2D eigenvalue weighted by atomic mass is 10.1. The van der Waals surface area contributed by atoms with Crippen LogP contribution >= 0.6 is 0 Å². The average Bonchev–Trinajstić information content (AvgIpc) is 3.24. The molecule has 10 heteroatoms. The maximum atomic E-state index is 12.6. The molecule has 0 bridgehead atoms. The van der Waals surface area contributed by atoms with Gasteiger partial charge in [-0.3, -0.25) is 0 Å². The van der Waals surface area contributed by atoms with Crippen molar-refractivity contribution in [1.29, 1.82) is 0 Å². The highest BCUT2D eigenvalue weighted by molar-refractivity contribution is 5.90. The number of rotatable bonds is 6. The molecule has 0 spiro atoms. The SMILES string of the molecule is COC(=O)c1ccc(/C=C/C(=O)OCc2nc(-c3ccc(C(F)(F)F)cc3)no2)cc1. The third-order valence-corrected chi connectivity index (χ3v) is 4.02. The summed E-state index contributed by atoms with van der Waals surface area (Å²) in [5.74, 6) is -1.09. The summed E-state index contributed by atoms with van der Waals surface area (Å²) in [4.78, 5) is 27.2. The summed E-state index contributed by atoms with van der Waals surface area (Å²) in [7, 11) is 1.28. The van der Waals surface area contributed by atoms with Crippen LogP contribution in [0.25, 0.3) is 17.5 Å². The fourth-order valence-corrected chi connectivity index (χ4v) is 2.43. The van der Waals surface area contributed by atoms with Crippen molar-refractivity contribution in [2.24, 2.45) is 0 Å². The molecule has 31 heavy (non-hydrogen) atoms. The summed E-state index contributed by atoms with van der Waals surface area (Å²) in [5, 5.41) is 3.66. The number of hydrogen-bond acceptors (Lipinski definition) is 7. The Morgan fingerprint density at radius 1 is 1.06 bits per heavy atom. The van der Waals surface area contributed by atoms with Gasteiger partial charge in [0.25, 0.3) is 5.89 Å². The number of benzene rings is 2. The molecule has 0 atom stereocenters. The molecule has 0 aliphatic carbocycles. The monoisotopic (exact) mass is 432 g/mol. The third-order valence-electron chi connectivity index (χ3n) is 4.02. The lowest BCUT2D eigenvalue weighted by Gasteiger charge is -2.05. The minimum absolute atomic E-state index is 0.0147. The zero-order chi connectivity index (χ0) is 22.4. The highest BCUT2D eigenvalue weighted by Crippen LogP contribution is 2.30. The van der Waals surface area contributed by atoms with E-state index in [0.717, 1.165) is 12.1 Å². The summed E-state index contributed by atoms with van der Waals surface area (Å²) < 4.78 is 52.4. The van der Waals surface area contributed by atoms with E-state index in [4.69, 9.17) is 9.26 Å². The quantitative estimate of drug-likeness (QED) is 0.424. The molecule has 0 radical (unpaired) electrons. The van der Waals surface area contributed by atoms with Crippen molar-refractivity contribution in [3.63, 3.8) is 0 Å². The summed E-state index contributed by atoms with van der Waals surface area (Å²) in [6.07, 6.45) is -1.77. The molecule has 0 unspecified atom stereocenters. The lowest BCUT2D eigenvalue weighted by Crippen LogP contribution is -2.04. The normalized spacial score (nSPS) is 11.5. The van der Waals surface area contributed by atoms with E-state index in [0.29, 0.717) is 16.7 Å². The molecule has 0 saturated heterocycles. The molecular formula is C21H15F3N2O5. The van der Waals surface area contributed by atoms with Gasteiger partial charge in [-0.25, -0.2) is 9.59 Å². The molecule has 0 saturated carbocycles. The molecule has 0 N–H and O–H groups in total. The predicted octanol–water partition coefficient (Wildman–Crippen LogP) is 4.30. The zero-order valence-electron chi connectivity index (χ0n) is 16.1. The minimum Gasteiger partial charge on any atom is -0.465 e. The molecule has 160 valence electrons. The second-order valence-electron chi connectivity index (χ2n) is 6.14. The maximum absolute atomic E-state index is 12.6.